The Balaban J connectivity index is 2.42. The molecule has 0 saturated heterocycles. The lowest BCUT2D eigenvalue weighted by Gasteiger charge is -2.07. The van der Waals surface area contributed by atoms with E-state index in [1.807, 2.05) is 0 Å². The van der Waals surface area contributed by atoms with Gasteiger partial charge in [0.05, 0.1) is 5.38 Å². The van der Waals surface area contributed by atoms with Gasteiger partial charge in [-0.25, -0.2) is 0 Å². The van der Waals surface area contributed by atoms with Gasteiger partial charge in [-0.15, -0.1) is 11.6 Å². The van der Waals surface area contributed by atoms with Crippen LogP contribution in [-0.2, 0) is 12.8 Å². The minimum absolute atomic E-state index is 0.237. The summed E-state index contributed by atoms with van der Waals surface area (Å²) in [6, 6.07) is 6.74. The molecule has 0 bridgehead atoms. The number of halogens is 1. The molecule has 1 aromatic rings. The van der Waals surface area contributed by atoms with Crippen molar-refractivity contribution in [1.29, 1.82) is 0 Å². The summed E-state index contributed by atoms with van der Waals surface area (Å²) in [5.74, 6) is 0.601. The second-order valence-electron chi connectivity index (χ2n) is 3.97. The first-order chi connectivity index (χ1) is 6.22. The van der Waals surface area contributed by atoms with Crippen LogP contribution in [0.2, 0.25) is 0 Å². The van der Waals surface area contributed by atoms with Crippen LogP contribution in [0.1, 0.15) is 35.9 Å². The van der Waals surface area contributed by atoms with Crippen LogP contribution in [0.5, 0.6) is 0 Å². The zero-order valence-corrected chi connectivity index (χ0v) is 8.93. The van der Waals surface area contributed by atoms with E-state index in [-0.39, 0.29) is 5.38 Å². The first-order valence-electron chi connectivity index (χ1n) is 4.98. The van der Waals surface area contributed by atoms with Gasteiger partial charge in [-0.1, -0.05) is 32.0 Å². The first kappa shape index (κ1) is 9.08. The Morgan fingerprint density at radius 3 is 2.92 bits per heavy atom. The molecule has 0 spiro atoms. The molecule has 0 saturated carbocycles. The summed E-state index contributed by atoms with van der Waals surface area (Å²) >= 11 is 6.32. The lowest BCUT2D eigenvalue weighted by Crippen LogP contribution is -1.94. The summed E-state index contributed by atoms with van der Waals surface area (Å²) in [7, 11) is 0. The van der Waals surface area contributed by atoms with Crippen LogP contribution in [0, 0.1) is 5.92 Å². The minimum Gasteiger partial charge on any atom is -0.118 e. The van der Waals surface area contributed by atoms with Crippen LogP contribution in [0.25, 0.3) is 0 Å². The maximum absolute atomic E-state index is 6.32. The fourth-order valence-corrected chi connectivity index (χ4v) is 2.36. The van der Waals surface area contributed by atoms with E-state index >= 15 is 0 Å². The highest BCUT2D eigenvalue weighted by Crippen LogP contribution is 2.40. The highest BCUT2D eigenvalue weighted by atomic mass is 35.5. The summed E-state index contributed by atoms with van der Waals surface area (Å²) in [4.78, 5) is 0. The predicted octanol–water partition coefficient (Wildman–Crippen LogP) is 3.72. The Hall–Kier alpha value is -0.490. The van der Waals surface area contributed by atoms with Gasteiger partial charge in [-0.3, -0.25) is 0 Å². The van der Waals surface area contributed by atoms with Gasteiger partial charge in [-0.05, 0) is 35.4 Å². The number of rotatable bonds is 1. The third-order valence-corrected chi connectivity index (χ3v) is 3.62. The minimum atomic E-state index is 0.237. The maximum atomic E-state index is 6.32. The lowest BCUT2D eigenvalue weighted by molar-refractivity contribution is 0.608. The lowest BCUT2D eigenvalue weighted by atomic mass is 10.0. The van der Waals surface area contributed by atoms with E-state index in [0.717, 1.165) is 12.8 Å². The molecule has 2 unspecified atom stereocenters. The van der Waals surface area contributed by atoms with Crippen molar-refractivity contribution in [2.24, 2.45) is 5.92 Å². The molecule has 0 nitrogen and oxygen atoms in total. The zero-order chi connectivity index (χ0) is 9.42. The van der Waals surface area contributed by atoms with Crippen molar-refractivity contribution in [3.8, 4) is 0 Å². The van der Waals surface area contributed by atoms with Crippen LogP contribution in [0.15, 0.2) is 18.2 Å². The molecule has 0 N–H and O–H groups in total. The Bertz CT molecular complexity index is 317. The fraction of sp³-hybridized carbons (Fsp3) is 0.500. The topological polar surface area (TPSA) is 0 Å². The smallest absolute Gasteiger partial charge is 0.0616 e. The van der Waals surface area contributed by atoms with E-state index in [1.54, 1.807) is 0 Å². The second-order valence-corrected chi connectivity index (χ2v) is 4.44. The average Bonchev–Trinajstić information content (AvgIpc) is 2.43. The van der Waals surface area contributed by atoms with Gasteiger partial charge in [-0.2, -0.15) is 0 Å². The molecule has 0 aromatic heterocycles. The van der Waals surface area contributed by atoms with Crippen LogP contribution < -0.4 is 0 Å². The van der Waals surface area contributed by atoms with Crippen LogP contribution >= 0.6 is 11.6 Å². The molecule has 2 rings (SSSR count). The molecule has 1 aliphatic carbocycles. The summed E-state index contributed by atoms with van der Waals surface area (Å²) in [6.07, 6.45) is 2.25. The van der Waals surface area contributed by atoms with E-state index in [2.05, 4.69) is 32.0 Å². The van der Waals surface area contributed by atoms with Crippen molar-refractivity contribution in [3.05, 3.63) is 34.9 Å². The van der Waals surface area contributed by atoms with Gasteiger partial charge in [0.25, 0.3) is 0 Å². The summed E-state index contributed by atoms with van der Waals surface area (Å²) < 4.78 is 0. The molecule has 0 heterocycles. The van der Waals surface area contributed by atoms with Gasteiger partial charge < -0.3 is 0 Å². The quantitative estimate of drug-likeness (QED) is 0.598. The Morgan fingerprint density at radius 2 is 2.23 bits per heavy atom. The third kappa shape index (κ3) is 1.48. The molecule has 0 amide bonds. The van der Waals surface area contributed by atoms with E-state index < -0.39 is 0 Å². The molecule has 0 aliphatic heterocycles. The van der Waals surface area contributed by atoms with E-state index in [4.69, 9.17) is 11.6 Å². The fourth-order valence-electron chi connectivity index (χ4n) is 2.06. The van der Waals surface area contributed by atoms with Gasteiger partial charge >= 0.3 is 0 Å². The molecule has 0 fully saturated rings. The van der Waals surface area contributed by atoms with Crippen molar-refractivity contribution in [2.45, 2.75) is 32.1 Å². The van der Waals surface area contributed by atoms with Crippen molar-refractivity contribution in [1.82, 2.24) is 0 Å². The Labute approximate surface area is 84.9 Å². The molecule has 13 heavy (non-hydrogen) atoms. The van der Waals surface area contributed by atoms with Crippen LogP contribution in [-0.4, -0.2) is 0 Å². The van der Waals surface area contributed by atoms with E-state index in [1.165, 1.54) is 16.7 Å². The normalized spacial score (nSPS) is 26.1. The van der Waals surface area contributed by atoms with Crippen LogP contribution in [0.4, 0.5) is 0 Å². The summed E-state index contributed by atoms with van der Waals surface area (Å²) in [5.41, 5.74) is 4.22. The van der Waals surface area contributed by atoms with Crippen molar-refractivity contribution < 1.29 is 0 Å². The number of aryl methyl sites for hydroxylation is 1. The number of alkyl halides is 1. The summed E-state index contributed by atoms with van der Waals surface area (Å²) in [5, 5.41) is 0.237. The van der Waals surface area contributed by atoms with Crippen molar-refractivity contribution in [2.75, 3.05) is 0 Å². The van der Waals surface area contributed by atoms with Gasteiger partial charge in [0.2, 0.25) is 0 Å². The van der Waals surface area contributed by atoms with Crippen molar-refractivity contribution in [3.63, 3.8) is 0 Å². The molecule has 2 atom stereocenters. The highest BCUT2D eigenvalue weighted by Gasteiger charge is 2.27. The maximum Gasteiger partial charge on any atom is 0.0616 e. The zero-order valence-electron chi connectivity index (χ0n) is 8.18. The van der Waals surface area contributed by atoms with Gasteiger partial charge in [0.1, 0.15) is 0 Å². The van der Waals surface area contributed by atoms with Gasteiger partial charge in [0, 0.05) is 0 Å². The Kier molecular flexibility index (Phi) is 2.33. The number of hydrogen-bond acceptors (Lipinski definition) is 0. The SMILES string of the molecule is CCc1ccc2c(c1)C(Cl)C(C)C2. The first-order valence-corrected chi connectivity index (χ1v) is 5.41. The van der Waals surface area contributed by atoms with Crippen LogP contribution in [0.3, 0.4) is 0 Å². The standard InChI is InChI=1S/C12H15Cl/c1-3-9-4-5-10-6-8(2)12(13)11(10)7-9/h4-5,7-8,12H,3,6H2,1-2H3. The molecular formula is C12H15Cl. The summed E-state index contributed by atoms with van der Waals surface area (Å²) in [6.45, 7) is 4.41. The number of hydrogen-bond donors (Lipinski definition) is 0. The molecular weight excluding hydrogens is 180 g/mol. The predicted molar refractivity (Wildman–Crippen MR) is 57.3 cm³/mol. The van der Waals surface area contributed by atoms with Gasteiger partial charge in [0.15, 0.2) is 0 Å². The monoisotopic (exact) mass is 194 g/mol. The Morgan fingerprint density at radius 1 is 1.46 bits per heavy atom. The third-order valence-electron chi connectivity index (χ3n) is 2.96. The molecule has 1 aromatic carbocycles. The van der Waals surface area contributed by atoms with E-state index in [9.17, 15) is 0 Å². The average molecular weight is 195 g/mol. The largest absolute Gasteiger partial charge is 0.118 e. The molecule has 70 valence electrons. The van der Waals surface area contributed by atoms with E-state index in [0.29, 0.717) is 5.92 Å². The second kappa shape index (κ2) is 3.34. The number of benzene rings is 1. The molecule has 1 aliphatic rings. The molecule has 1 heteroatoms. The van der Waals surface area contributed by atoms with Crippen molar-refractivity contribution >= 4 is 11.6 Å². The number of fused-ring (bicyclic) bond motifs is 1. The molecule has 0 radical (unpaired) electrons. The highest BCUT2D eigenvalue weighted by molar-refractivity contribution is 6.21.